The van der Waals surface area contributed by atoms with Crippen molar-refractivity contribution in [3.05, 3.63) is 11.3 Å². The van der Waals surface area contributed by atoms with Crippen LogP contribution in [0.3, 0.4) is 0 Å². The molecule has 0 aromatic rings. The number of allylic oxidation sites excluding steroid dienone is 2. The van der Waals surface area contributed by atoms with Crippen LogP contribution < -0.4 is 0 Å². The van der Waals surface area contributed by atoms with Gasteiger partial charge in [-0.25, -0.2) is 0 Å². The van der Waals surface area contributed by atoms with Gasteiger partial charge in [0.2, 0.25) is 0 Å². The molecular formula is C12H20O. The third-order valence-electron chi connectivity index (χ3n) is 3.81. The van der Waals surface area contributed by atoms with Gasteiger partial charge in [0.15, 0.2) is 0 Å². The van der Waals surface area contributed by atoms with Crippen molar-refractivity contribution >= 4 is 0 Å². The lowest BCUT2D eigenvalue weighted by atomic mass is 9.94. The van der Waals surface area contributed by atoms with Crippen molar-refractivity contribution in [2.45, 2.75) is 45.4 Å². The third kappa shape index (κ3) is 1.61. The average molecular weight is 180 g/mol. The lowest BCUT2D eigenvalue weighted by Gasteiger charge is -2.15. The Morgan fingerprint density at radius 2 is 1.62 bits per heavy atom. The summed E-state index contributed by atoms with van der Waals surface area (Å²) in [6.45, 7) is 2.14. The summed E-state index contributed by atoms with van der Waals surface area (Å²) in [5, 5.41) is 0. The van der Waals surface area contributed by atoms with Gasteiger partial charge in [-0.1, -0.05) is 12.8 Å². The zero-order valence-corrected chi connectivity index (χ0v) is 8.81. The highest BCUT2D eigenvalue weighted by Crippen LogP contribution is 2.46. The minimum absolute atomic E-state index is 0.868. The van der Waals surface area contributed by atoms with Crippen LogP contribution in [0.1, 0.15) is 45.4 Å². The minimum atomic E-state index is 0.868. The molecular weight excluding hydrogens is 160 g/mol. The number of ether oxygens (including phenoxy) is 1. The van der Waals surface area contributed by atoms with Crippen molar-refractivity contribution in [1.82, 2.24) is 0 Å². The van der Waals surface area contributed by atoms with E-state index in [1.165, 1.54) is 44.3 Å². The Morgan fingerprint density at radius 1 is 1.08 bits per heavy atom. The molecule has 2 aliphatic carbocycles. The van der Waals surface area contributed by atoms with E-state index in [-0.39, 0.29) is 0 Å². The van der Waals surface area contributed by atoms with Crippen molar-refractivity contribution in [3.8, 4) is 0 Å². The molecule has 0 aromatic carbocycles. The fraction of sp³-hybridized carbons (Fsp3) is 0.833. The van der Waals surface area contributed by atoms with Crippen molar-refractivity contribution in [3.63, 3.8) is 0 Å². The molecule has 2 saturated carbocycles. The third-order valence-corrected chi connectivity index (χ3v) is 3.81. The number of rotatable bonds is 1. The van der Waals surface area contributed by atoms with E-state index in [4.69, 9.17) is 4.74 Å². The van der Waals surface area contributed by atoms with Gasteiger partial charge in [0.05, 0.1) is 12.9 Å². The van der Waals surface area contributed by atoms with Crippen LogP contribution >= 0.6 is 0 Å². The smallest absolute Gasteiger partial charge is 0.0922 e. The fourth-order valence-electron chi connectivity index (χ4n) is 3.12. The van der Waals surface area contributed by atoms with E-state index in [0.29, 0.717) is 0 Å². The molecule has 0 N–H and O–H groups in total. The maximum atomic E-state index is 5.41. The van der Waals surface area contributed by atoms with Crippen LogP contribution in [0.2, 0.25) is 0 Å². The summed E-state index contributed by atoms with van der Waals surface area (Å²) in [6.07, 6.45) is 8.52. The monoisotopic (exact) mass is 180 g/mol. The molecule has 2 rings (SSSR count). The van der Waals surface area contributed by atoms with Gasteiger partial charge in [-0.2, -0.15) is 0 Å². The highest BCUT2D eigenvalue weighted by molar-refractivity contribution is 5.19. The summed E-state index contributed by atoms with van der Waals surface area (Å²) in [7, 11) is 1.81. The van der Waals surface area contributed by atoms with E-state index < -0.39 is 0 Å². The first-order valence-electron chi connectivity index (χ1n) is 5.57. The summed E-state index contributed by atoms with van der Waals surface area (Å²) in [5.41, 5.74) is 1.67. The number of hydrogen-bond donors (Lipinski definition) is 0. The van der Waals surface area contributed by atoms with Gasteiger partial charge in [0, 0.05) is 0 Å². The highest BCUT2D eigenvalue weighted by Gasteiger charge is 2.33. The zero-order valence-electron chi connectivity index (χ0n) is 8.81. The van der Waals surface area contributed by atoms with Gasteiger partial charge < -0.3 is 4.74 Å². The first-order chi connectivity index (χ1) is 6.33. The zero-order chi connectivity index (χ0) is 9.26. The van der Waals surface area contributed by atoms with E-state index in [2.05, 4.69) is 6.92 Å². The van der Waals surface area contributed by atoms with Gasteiger partial charge >= 0.3 is 0 Å². The Labute approximate surface area is 81.2 Å². The number of hydrogen-bond acceptors (Lipinski definition) is 1. The maximum Gasteiger partial charge on any atom is 0.0922 e. The fourth-order valence-corrected chi connectivity index (χ4v) is 3.12. The van der Waals surface area contributed by atoms with Gasteiger partial charge in [0.1, 0.15) is 0 Å². The standard InChI is InChI=1S/C12H20O/c1-9(13-2)12-10-5-3-4-6-11(12)8-7-10/h10-11H,3-8H2,1-2H3. The topological polar surface area (TPSA) is 9.23 Å². The molecule has 0 aliphatic heterocycles. The second kappa shape index (κ2) is 3.73. The van der Waals surface area contributed by atoms with Gasteiger partial charge in [-0.3, -0.25) is 0 Å². The van der Waals surface area contributed by atoms with Crippen LogP contribution in [0.5, 0.6) is 0 Å². The second-order valence-electron chi connectivity index (χ2n) is 4.47. The maximum absolute atomic E-state index is 5.41. The molecule has 0 aromatic heterocycles. The quantitative estimate of drug-likeness (QED) is 0.561. The first-order valence-corrected chi connectivity index (χ1v) is 5.57. The molecule has 1 nitrogen and oxygen atoms in total. The van der Waals surface area contributed by atoms with Crippen LogP contribution in [0, 0.1) is 11.8 Å². The van der Waals surface area contributed by atoms with E-state index in [1.807, 2.05) is 7.11 Å². The van der Waals surface area contributed by atoms with Gasteiger partial charge in [-0.05, 0) is 50.0 Å². The van der Waals surface area contributed by atoms with Crippen LogP contribution in [-0.2, 0) is 4.74 Å². The van der Waals surface area contributed by atoms with Crippen LogP contribution in [0.15, 0.2) is 11.3 Å². The van der Waals surface area contributed by atoms with E-state index in [0.717, 1.165) is 11.8 Å². The van der Waals surface area contributed by atoms with Crippen LogP contribution in [0.25, 0.3) is 0 Å². The molecule has 74 valence electrons. The Bertz CT molecular complexity index is 201. The molecule has 2 atom stereocenters. The van der Waals surface area contributed by atoms with Crippen LogP contribution in [-0.4, -0.2) is 7.11 Å². The summed E-state index contributed by atoms with van der Waals surface area (Å²) < 4.78 is 5.41. The molecule has 1 heteroatoms. The molecule has 13 heavy (non-hydrogen) atoms. The van der Waals surface area contributed by atoms with E-state index in [9.17, 15) is 0 Å². The largest absolute Gasteiger partial charge is 0.501 e. The van der Waals surface area contributed by atoms with Crippen molar-refractivity contribution in [2.75, 3.05) is 7.11 Å². The van der Waals surface area contributed by atoms with E-state index >= 15 is 0 Å². The second-order valence-corrected chi connectivity index (χ2v) is 4.47. The molecule has 0 radical (unpaired) electrons. The lowest BCUT2D eigenvalue weighted by Crippen LogP contribution is -2.03. The Balaban J connectivity index is 2.25. The molecule has 0 saturated heterocycles. The van der Waals surface area contributed by atoms with Gasteiger partial charge in [-0.15, -0.1) is 0 Å². The molecule has 0 spiro atoms. The lowest BCUT2D eigenvalue weighted by molar-refractivity contribution is 0.280. The van der Waals surface area contributed by atoms with Gasteiger partial charge in [0.25, 0.3) is 0 Å². The Morgan fingerprint density at radius 3 is 2.08 bits per heavy atom. The Kier molecular flexibility index (Phi) is 2.61. The predicted molar refractivity (Wildman–Crippen MR) is 54.4 cm³/mol. The summed E-state index contributed by atoms with van der Waals surface area (Å²) in [6, 6.07) is 0. The summed E-state index contributed by atoms with van der Waals surface area (Å²) >= 11 is 0. The first kappa shape index (κ1) is 9.11. The summed E-state index contributed by atoms with van der Waals surface area (Å²) in [5.74, 6) is 2.95. The normalized spacial score (nSPS) is 32.9. The van der Waals surface area contributed by atoms with Crippen molar-refractivity contribution < 1.29 is 4.74 Å². The molecule has 2 bridgehead atoms. The predicted octanol–water partition coefficient (Wildman–Crippen LogP) is 3.51. The average Bonchev–Trinajstić information content (AvgIpc) is 2.38. The van der Waals surface area contributed by atoms with E-state index in [1.54, 1.807) is 5.57 Å². The molecule has 0 heterocycles. The number of methoxy groups -OCH3 is 1. The highest BCUT2D eigenvalue weighted by atomic mass is 16.5. The van der Waals surface area contributed by atoms with Crippen LogP contribution in [0.4, 0.5) is 0 Å². The molecule has 2 unspecified atom stereocenters. The number of fused-ring (bicyclic) bond motifs is 2. The molecule has 2 fully saturated rings. The molecule has 2 aliphatic rings. The molecule has 0 amide bonds. The van der Waals surface area contributed by atoms with Crippen molar-refractivity contribution in [1.29, 1.82) is 0 Å². The summed E-state index contributed by atoms with van der Waals surface area (Å²) in [4.78, 5) is 0. The van der Waals surface area contributed by atoms with Crippen molar-refractivity contribution in [2.24, 2.45) is 11.8 Å². The minimum Gasteiger partial charge on any atom is -0.501 e. The SMILES string of the molecule is COC(C)=C1C2CCCCC1CC2. The Hall–Kier alpha value is -0.460.